The molecule has 0 amide bonds. The number of benzene rings is 1. The molecule has 1 aromatic rings. The first-order chi connectivity index (χ1) is 9.73. The van der Waals surface area contributed by atoms with Crippen LogP contribution in [0, 0.1) is 17.6 Å². The van der Waals surface area contributed by atoms with E-state index in [1.807, 2.05) is 6.92 Å². The average molecular weight is 319 g/mol. The van der Waals surface area contributed by atoms with Gasteiger partial charge in [-0.1, -0.05) is 25.8 Å². The van der Waals surface area contributed by atoms with E-state index in [0.717, 1.165) is 31.0 Å². The van der Waals surface area contributed by atoms with E-state index >= 15 is 0 Å². The minimum absolute atomic E-state index is 0.243. The Morgan fingerprint density at radius 3 is 2.57 bits per heavy atom. The molecule has 1 saturated carbocycles. The van der Waals surface area contributed by atoms with Crippen molar-refractivity contribution in [1.82, 2.24) is 4.72 Å². The van der Waals surface area contributed by atoms with Gasteiger partial charge in [-0.15, -0.1) is 0 Å². The van der Waals surface area contributed by atoms with Crippen LogP contribution in [0.2, 0.25) is 0 Å². The van der Waals surface area contributed by atoms with E-state index in [2.05, 4.69) is 4.72 Å². The van der Waals surface area contributed by atoms with Crippen molar-refractivity contribution in [2.45, 2.75) is 43.1 Å². The second-order valence-electron chi connectivity index (χ2n) is 5.80. The largest absolute Gasteiger partial charge is 0.389 e. The Balaban J connectivity index is 2.15. The third-order valence-corrected chi connectivity index (χ3v) is 5.30. The van der Waals surface area contributed by atoms with Gasteiger partial charge in [0, 0.05) is 6.54 Å². The van der Waals surface area contributed by atoms with E-state index in [1.165, 1.54) is 0 Å². The van der Waals surface area contributed by atoms with Gasteiger partial charge in [-0.05, 0) is 30.9 Å². The molecule has 118 valence electrons. The van der Waals surface area contributed by atoms with Crippen LogP contribution in [-0.2, 0) is 10.0 Å². The van der Waals surface area contributed by atoms with Crippen LogP contribution in [0.5, 0.6) is 0 Å². The number of rotatable bonds is 4. The Hall–Kier alpha value is -1.05. The molecule has 4 nitrogen and oxygen atoms in total. The van der Waals surface area contributed by atoms with Crippen molar-refractivity contribution >= 4 is 10.0 Å². The maximum Gasteiger partial charge on any atom is 0.246 e. The van der Waals surface area contributed by atoms with Crippen molar-refractivity contribution in [2.24, 2.45) is 5.92 Å². The normalized spacial score (nSPS) is 26.8. The first-order valence-corrected chi connectivity index (χ1v) is 8.38. The second kappa shape index (κ2) is 5.98. The highest BCUT2D eigenvalue weighted by Gasteiger charge is 2.34. The molecule has 1 aromatic carbocycles. The molecule has 0 saturated heterocycles. The summed E-state index contributed by atoms with van der Waals surface area (Å²) in [6.45, 7) is 1.74. The number of hydrogen-bond acceptors (Lipinski definition) is 3. The van der Waals surface area contributed by atoms with Gasteiger partial charge in [0.05, 0.1) is 5.60 Å². The van der Waals surface area contributed by atoms with Crippen LogP contribution in [0.15, 0.2) is 23.1 Å². The molecule has 0 bridgehead atoms. The number of halogens is 2. The molecule has 1 aliphatic carbocycles. The monoisotopic (exact) mass is 319 g/mol. The lowest BCUT2D eigenvalue weighted by Crippen LogP contribution is -2.46. The van der Waals surface area contributed by atoms with Gasteiger partial charge >= 0.3 is 0 Å². The molecule has 0 radical (unpaired) electrons. The molecule has 2 N–H and O–H groups in total. The maximum absolute atomic E-state index is 13.5. The zero-order valence-electron chi connectivity index (χ0n) is 11.8. The zero-order chi connectivity index (χ0) is 15.7. The molecule has 21 heavy (non-hydrogen) atoms. The summed E-state index contributed by atoms with van der Waals surface area (Å²) in [6.07, 6.45) is 2.72. The van der Waals surface area contributed by atoms with E-state index in [-0.39, 0.29) is 6.54 Å². The van der Waals surface area contributed by atoms with Crippen LogP contribution < -0.4 is 4.72 Å². The van der Waals surface area contributed by atoms with Crippen molar-refractivity contribution in [3.8, 4) is 0 Å². The fourth-order valence-electron chi connectivity index (χ4n) is 2.83. The Labute approximate surface area is 123 Å². The molecule has 2 rings (SSSR count). The van der Waals surface area contributed by atoms with E-state index in [4.69, 9.17) is 0 Å². The van der Waals surface area contributed by atoms with Crippen LogP contribution >= 0.6 is 0 Å². The molecule has 1 aliphatic rings. The van der Waals surface area contributed by atoms with Crippen molar-refractivity contribution in [1.29, 1.82) is 0 Å². The fraction of sp³-hybridized carbons (Fsp3) is 0.571. The molecular formula is C14H19F2NO3S. The fourth-order valence-corrected chi connectivity index (χ4v) is 4.09. The molecule has 1 fully saturated rings. The number of aliphatic hydroxyl groups is 1. The summed E-state index contributed by atoms with van der Waals surface area (Å²) in [5.74, 6) is -2.00. The van der Waals surface area contributed by atoms with Gasteiger partial charge in [-0.2, -0.15) is 0 Å². The summed E-state index contributed by atoms with van der Waals surface area (Å²) in [6, 6.07) is 2.87. The van der Waals surface area contributed by atoms with Crippen LogP contribution in [0.25, 0.3) is 0 Å². The SMILES string of the molecule is CC1CCCC(O)(CNS(=O)(=O)c2c(F)cccc2F)C1. The first-order valence-electron chi connectivity index (χ1n) is 6.90. The van der Waals surface area contributed by atoms with E-state index in [0.29, 0.717) is 18.8 Å². The Morgan fingerprint density at radius 1 is 1.38 bits per heavy atom. The molecule has 7 heteroatoms. The number of sulfonamides is 1. The maximum atomic E-state index is 13.5. The lowest BCUT2D eigenvalue weighted by Gasteiger charge is -2.35. The zero-order valence-corrected chi connectivity index (χ0v) is 12.6. The molecule has 2 unspecified atom stereocenters. The van der Waals surface area contributed by atoms with Gasteiger partial charge in [0.1, 0.15) is 11.6 Å². The minimum atomic E-state index is -4.34. The Kier molecular flexibility index (Phi) is 4.65. The smallest absolute Gasteiger partial charge is 0.246 e. The molecular weight excluding hydrogens is 300 g/mol. The highest BCUT2D eigenvalue weighted by molar-refractivity contribution is 7.89. The van der Waals surface area contributed by atoms with Crippen LogP contribution in [0.4, 0.5) is 8.78 Å². The third-order valence-electron chi connectivity index (χ3n) is 3.85. The van der Waals surface area contributed by atoms with Gasteiger partial charge in [-0.25, -0.2) is 21.9 Å². The molecule has 0 heterocycles. The van der Waals surface area contributed by atoms with Crippen LogP contribution in [0.1, 0.15) is 32.6 Å². The summed E-state index contributed by atoms with van der Waals surface area (Å²) in [5.41, 5.74) is -1.16. The van der Waals surface area contributed by atoms with Gasteiger partial charge in [-0.3, -0.25) is 0 Å². The quantitative estimate of drug-likeness (QED) is 0.894. The van der Waals surface area contributed by atoms with Crippen molar-refractivity contribution in [3.05, 3.63) is 29.8 Å². The average Bonchev–Trinajstić information content (AvgIpc) is 2.36. The van der Waals surface area contributed by atoms with Crippen molar-refractivity contribution < 1.29 is 22.3 Å². The summed E-state index contributed by atoms with van der Waals surface area (Å²) >= 11 is 0. The summed E-state index contributed by atoms with van der Waals surface area (Å²) in [5, 5.41) is 10.4. The van der Waals surface area contributed by atoms with Gasteiger partial charge in [0.15, 0.2) is 4.90 Å². The van der Waals surface area contributed by atoms with Crippen molar-refractivity contribution in [3.63, 3.8) is 0 Å². The van der Waals surface area contributed by atoms with Crippen molar-refractivity contribution in [2.75, 3.05) is 6.54 Å². The summed E-state index contributed by atoms with van der Waals surface area (Å²) in [4.78, 5) is -1.00. The summed E-state index contributed by atoms with van der Waals surface area (Å²) in [7, 11) is -4.34. The molecule has 0 aliphatic heterocycles. The highest BCUT2D eigenvalue weighted by Crippen LogP contribution is 2.32. The van der Waals surface area contributed by atoms with Crippen LogP contribution in [0.3, 0.4) is 0 Å². The second-order valence-corrected chi connectivity index (χ2v) is 7.50. The van der Waals surface area contributed by atoms with Gasteiger partial charge in [0.25, 0.3) is 0 Å². The molecule has 0 spiro atoms. The topological polar surface area (TPSA) is 66.4 Å². The van der Waals surface area contributed by atoms with Crippen LogP contribution in [-0.4, -0.2) is 25.7 Å². The van der Waals surface area contributed by atoms with E-state index in [9.17, 15) is 22.3 Å². The Morgan fingerprint density at radius 2 is 2.00 bits per heavy atom. The summed E-state index contributed by atoms with van der Waals surface area (Å²) < 4.78 is 53.3. The van der Waals surface area contributed by atoms with Gasteiger partial charge in [0.2, 0.25) is 10.0 Å². The first kappa shape index (κ1) is 16.3. The van der Waals surface area contributed by atoms with E-state index < -0.39 is 32.2 Å². The standard InChI is InChI=1S/C14H19F2NO3S/c1-10-4-3-7-14(18,8-10)9-17-21(19,20)13-11(15)5-2-6-12(13)16/h2,5-6,10,17-18H,3-4,7-9H2,1H3. The molecule has 0 aromatic heterocycles. The lowest BCUT2D eigenvalue weighted by atomic mass is 9.79. The van der Waals surface area contributed by atoms with Gasteiger partial charge < -0.3 is 5.11 Å². The predicted molar refractivity (Wildman–Crippen MR) is 74.1 cm³/mol. The number of hydrogen-bond donors (Lipinski definition) is 2. The molecule has 2 atom stereocenters. The third kappa shape index (κ3) is 3.78. The lowest BCUT2D eigenvalue weighted by molar-refractivity contribution is -0.00754. The Bertz CT molecular complexity index is 600. The predicted octanol–water partition coefficient (Wildman–Crippen LogP) is 2.18. The minimum Gasteiger partial charge on any atom is -0.389 e. The number of nitrogens with one attached hydrogen (secondary N) is 1. The highest BCUT2D eigenvalue weighted by atomic mass is 32.2. The van der Waals surface area contributed by atoms with E-state index in [1.54, 1.807) is 0 Å².